The summed E-state index contributed by atoms with van der Waals surface area (Å²) in [6.07, 6.45) is 2.93. The number of nitrogens with zero attached hydrogens (tertiary/aromatic N) is 1. The Labute approximate surface area is 151 Å². The van der Waals surface area contributed by atoms with Crippen LogP contribution in [0, 0.1) is 10.1 Å². The van der Waals surface area contributed by atoms with E-state index < -0.39 is 10.9 Å². The molecule has 0 atom stereocenters. The maximum Gasteiger partial charge on any atom is 0.349 e. The van der Waals surface area contributed by atoms with Gasteiger partial charge in [0, 0.05) is 6.08 Å². The summed E-state index contributed by atoms with van der Waals surface area (Å²) in [4.78, 5) is 21.9. The first kappa shape index (κ1) is 19.0. The van der Waals surface area contributed by atoms with E-state index in [1.807, 2.05) is 25.1 Å². The Morgan fingerprint density at radius 2 is 1.92 bits per heavy atom. The van der Waals surface area contributed by atoms with Gasteiger partial charge in [0.05, 0.1) is 12.0 Å². The monoisotopic (exact) mass is 357 g/mol. The summed E-state index contributed by atoms with van der Waals surface area (Å²) in [6.45, 7) is 1.75. The number of aryl methyl sites for hydroxylation is 1. The lowest BCUT2D eigenvalue weighted by molar-refractivity contribution is -0.400. The largest absolute Gasteiger partial charge is 0.493 e. The first-order chi connectivity index (χ1) is 12.5. The number of benzene rings is 2. The van der Waals surface area contributed by atoms with Crippen LogP contribution in [0.3, 0.4) is 0 Å². The van der Waals surface area contributed by atoms with Crippen molar-refractivity contribution in [2.24, 2.45) is 0 Å². The third kappa shape index (κ3) is 5.34. The van der Waals surface area contributed by atoms with Gasteiger partial charge in [-0.2, -0.15) is 0 Å². The smallest absolute Gasteiger partial charge is 0.349 e. The van der Waals surface area contributed by atoms with Crippen LogP contribution in [0.15, 0.2) is 48.7 Å². The predicted molar refractivity (Wildman–Crippen MR) is 96.0 cm³/mol. The molecule has 2 aromatic rings. The van der Waals surface area contributed by atoms with Crippen molar-refractivity contribution in [2.45, 2.75) is 13.3 Å². The number of carbonyl (C=O) groups is 1. The highest BCUT2D eigenvalue weighted by Gasteiger charge is 2.12. The first-order valence-corrected chi connectivity index (χ1v) is 7.94. The molecule has 0 fully saturated rings. The average molecular weight is 357 g/mol. The number of nitro groups is 1. The maximum atomic E-state index is 12.0. The summed E-state index contributed by atoms with van der Waals surface area (Å²) in [5.41, 5.74) is 1.55. The van der Waals surface area contributed by atoms with Crippen LogP contribution in [0.2, 0.25) is 0 Å². The Bertz CT molecular complexity index is 815. The molecule has 0 aliphatic carbocycles. The third-order valence-electron chi connectivity index (χ3n) is 3.50. The van der Waals surface area contributed by atoms with E-state index >= 15 is 0 Å². The van der Waals surface area contributed by atoms with Crippen LogP contribution in [-0.4, -0.2) is 24.6 Å². The number of methoxy groups -OCH3 is 1. The molecule has 0 aliphatic rings. The number of esters is 1. The molecule has 26 heavy (non-hydrogen) atoms. The van der Waals surface area contributed by atoms with Crippen LogP contribution < -0.4 is 14.2 Å². The summed E-state index contributed by atoms with van der Waals surface area (Å²) < 4.78 is 16.0. The van der Waals surface area contributed by atoms with Gasteiger partial charge in [-0.05, 0) is 35.7 Å². The minimum Gasteiger partial charge on any atom is -0.493 e. The van der Waals surface area contributed by atoms with Gasteiger partial charge in [0.2, 0.25) is 6.20 Å². The van der Waals surface area contributed by atoms with Crippen molar-refractivity contribution in [3.05, 3.63) is 69.9 Å². The SMILES string of the molecule is CCc1ccccc1OCC(=O)Oc1ccc(C=C[N+](=O)[O-])cc1OC. The van der Waals surface area contributed by atoms with Crippen molar-refractivity contribution < 1.29 is 23.9 Å². The fraction of sp³-hybridized carbons (Fsp3) is 0.211. The molecule has 0 bridgehead atoms. The van der Waals surface area contributed by atoms with Crippen LogP contribution in [0.1, 0.15) is 18.1 Å². The van der Waals surface area contributed by atoms with Crippen LogP contribution in [0.25, 0.3) is 6.08 Å². The molecular formula is C19H19NO6. The molecule has 0 amide bonds. The van der Waals surface area contributed by atoms with Crippen molar-refractivity contribution in [1.29, 1.82) is 0 Å². The standard InChI is InChI=1S/C19H19NO6/c1-3-15-6-4-5-7-16(15)25-13-19(21)26-17-9-8-14(10-11-20(22)23)12-18(17)24-2/h4-12H,3,13H2,1-2H3. The molecule has 0 radical (unpaired) electrons. The van der Waals surface area contributed by atoms with E-state index in [0.717, 1.165) is 18.2 Å². The lowest BCUT2D eigenvalue weighted by atomic mass is 10.1. The Morgan fingerprint density at radius 1 is 1.15 bits per heavy atom. The highest BCUT2D eigenvalue weighted by molar-refractivity contribution is 5.75. The van der Waals surface area contributed by atoms with E-state index in [2.05, 4.69) is 0 Å². The number of ether oxygens (including phenoxy) is 3. The molecular weight excluding hydrogens is 338 g/mol. The van der Waals surface area contributed by atoms with Crippen LogP contribution in [-0.2, 0) is 11.2 Å². The second-order valence-corrected chi connectivity index (χ2v) is 5.24. The highest BCUT2D eigenvalue weighted by atomic mass is 16.6. The summed E-state index contributed by atoms with van der Waals surface area (Å²) in [5, 5.41) is 10.4. The second kappa shape index (κ2) is 9.22. The average Bonchev–Trinajstić information content (AvgIpc) is 2.65. The van der Waals surface area contributed by atoms with Crippen LogP contribution >= 0.6 is 0 Å². The van der Waals surface area contributed by atoms with Gasteiger partial charge >= 0.3 is 5.97 Å². The number of rotatable bonds is 8. The third-order valence-corrected chi connectivity index (χ3v) is 3.50. The second-order valence-electron chi connectivity index (χ2n) is 5.24. The minimum absolute atomic E-state index is 0.211. The number of hydrogen-bond donors (Lipinski definition) is 0. The van der Waals surface area contributed by atoms with Gasteiger partial charge in [0.1, 0.15) is 5.75 Å². The zero-order chi connectivity index (χ0) is 18.9. The molecule has 2 rings (SSSR count). The van der Waals surface area contributed by atoms with Crippen molar-refractivity contribution >= 4 is 12.0 Å². The van der Waals surface area contributed by atoms with E-state index in [-0.39, 0.29) is 18.1 Å². The first-order valence-electron chi connectivity index (χ1n) is 7.94. The van der Waals surface area contributed by atoms with Gasteiger partial charge in [-0.1, -0.05) is 31.2 Å². The topological polar surface area (TPSA) is 87.9 Å². The van der Waals surface area contributed by atoms with E-state index in [4.69, 9.17) is 14.2 Å². The Hall–Kier alpha value is -3.35. The molecule has 7 nitrogen and oxygen atoms in total. The zero-order valence-corrected chi connectivity index (χ0v) is 14.5. The molecule has 0 unspecified atom stereocenters. The quantitative estimate of drug-likeness (QED) is 0.311. The van der Waals surface area contributed by atoms with Crippen LogP contribution in [0.4, 0.5) is 0 Å². The fourth-order valence-corrected chi connectivity index (χ4v) is 2.24. The molecule has 7 heteroatoms. The molecule has 0 saturated heterocycles. The Balaban J connectivity index is 2.03. The highest BCUT2D eigenvalue weighted by Crippen LogP contribution is 2.29. The molecule has 0 heterocycles. The molecule has 0 spiro atoms. The lowest BCUT2D eigenvalue weighted by Crippen LogP contribution is -2.18. The van der Waals surface area contributed by atoms with Gasteiger partial charge in [-0.15, -0.1) is 0 Å². The normalized spacial score (nSPS) is 10.5. The molecule has 0 N–H and O–H groups in total. The van der Waals surface area contributed by atoms with Gasteiger partial charge in [0.25, 0.3) is 0 Å². The van der Waals surface area contributed by atoms with Crippen molar-refractivity contribution in [3.63, 3.8) is 0 Å². The van der Waals surface area contributed by atoms with Gasteiger partial charge in [0.15, 0.2) is 18.1 Å². The number of carbonyl (C=O) groups excluding carboxylic acids is 1. The van der Waals surface area contributed by atoms with E-state index in [1.54, 1.807) is 12.1 Å². The summed E-state index contributed by atoms with van der Waals surface area (Å²) in [5.74, 6) is 0.558. The molecule has 0 saturated carbocycles. The predicted octanol–water partition coefficient (Wildman–Crippen LogP) is 3.49. The molecule has 0 aliphatic heterocycles. The maximum absolute atomic E-state index is 12.0. The lowest BCUT2D eigenvalue weighted by Gasteiger charge is -2.12. The van der Waals surface area contributed by atoms with E-state index in [0.29, 0.717) is 11.3 Å². The Kier molecular flexibility index (Phi) is 6.73. The number of hydrogen-bond acceptors (Lipinski definition) is 6. The van der Waals surface area contributed by atoms with Crippen molar-refractivity contribution in [1.82, 2.24) is 0 Å². The van der Waals surface area contributed by atoms with Gasteiger partial charge < -0.3 is 14.2 Å². The van der Waals surface area contributed by atoms with Crippen molar-refractivity contribution in [2.75, 3.05) is 13.7 Å². The number of para-hydroxylation sites is 1. The van der Waals surface area contributed by atoms with E-state index in [1.165, 1.54) is 25.3 Å². The van der Waals surface area contributed by atoms with Gasteiger partial charge in [-0.3, -0.25) is 10.1 Å². The fourth-order valence-electron chi connectivity index (χ4n) is 2.24. The molecule has 2 aromatic carbocycles. The zero-order valence-electron chi connectivity index (χ0n) is 14.5. The summed E-state index contributed by atoms with van der Waals surface area (Å²) in [7, 11) is 1.42. The summed E-state index contributed by atoms with van der Waals surface area (Å²) >= 11 is 0. The molecule has 0 aromatic heterocycles. The Morgan fingerprint density at radius 3 is 2.62 bits per heavy atom. The van der Waals surface area contributed by atoms with Gasteiger partial charge in [-0.25, -0.2) is 4.79 Å². The van der Waals surface area contributed by atoms with Crippen molar-refractivity contribution in [3.8, 4) is 17.2 Å². The van der Waals surface area contributed by atoms with E-state index in [9.17, 15) is 14.9 Å². The van der Waals surface area contributed by atoms with Crippen LogP contribution in [0.5, 0.6) is 17.2 Å². The minimum atomic E-state index is -0.581. The summed E-state index contributed by atoms with van der Waals surface area (Å²) in [6, 6.07) is 12.1. The molecule has 136 valence electrons.